The van der Waals surface area contributed by atoms with Gasteiger partial charge in [0.1, 0.15) is 10.9 Å². The second-order valence-corrected chi connectivity index (χ2v) is 14.1. The lowest BCUT2D eigenvalue weighted by molar-refractivity contribution is -0.124. The molecule has 2 N–H and O–H groups in total. The average molecular weight is 668 g/mol. The molecule has 1 aliphatic carbocycles. The van der Waals surface area contributed by atoms with Crippen LogP contribution in [0.15, 0.2) is 118 Å². The van der Waals surface area contributed by atoms with E-state index in [1.165, 1.54) is 35.8 Å². The fraction of sp³-hybridized carbons (Fsp3) is 0.216. The molecule has 0 bridgehead atoms. The second kappa shape index (κ2) is 13.6. The maximum Gasteiger partial charge on any atom is 0.271 e. The highest BCUT2D eigenvalue weighted by Gasteiger charge is 2.34. The van der Waals surface area contributed by atoms with Gasteiger partial charge >= 0.3 is 0 Å². The molecule has 1 atom stereocenters. The zero-order valence-corrected chi connectivity index (χ0v) is 27.4. The highest BCUT2D eigenvalue weighted by Crippen LogP contribution is 2.37. The van der Waals surface area contributed by atoms with Gasteiger partial charge in [-0.05, 0) is 66.4 Å². The van der Waals surface area contributed by atoms with Crippen LogP contribution in [-0.2, 0) is 19.4 Å². The van der Waals surface area contributed by atoms with E-state index in [2.05, 4.69) is 10.6 Å². The third-order valence-electron chi connectivity index (χ3n) is 8.53. The van der Waals surface area contributed by atoms with Gasteiger partial charge in [0.25, 0.3) is 5.56 Å². The van der Waals surface area contributed by atoms with E-state index in [1.54, 1.807) is 72.8 Å². The summed E-state index contributed by atoms with van der Waals surface area (Å²) in [5.74, 6) is -0.703. The van der Waals surface area contributed by atoms with Gasteiger partial charge in [0.15, 0.2) is 0 Å². The summed E-state index contributed by atoms with van der Waals surface area (Å²) in [6, 6.07) is 27.1. The van der Waals surface area contributed by atoms with Crippen LogP contribution in [0.3, 0.4) is 0 Å². The molecule has 240 valence electrons. The van der Waals surface area contributed by atoms with Crippen molar-refractivity contribution in [2.75, 3.05) is 5.32 Å². The Labute approximate surface area is 278 Å². The highest BCUT2D eigenvalue weighted by molar-refractivity contribution is 7.91. The molecular formula is C37H34ClN3O5S. The predicted octanol–water partition coefficient (Wildman–Crippen LogP) is 7.15. The van der Waals surface area contributed by atoms with Gasteiger partial charge in [-0.25, -0.2) is 8.42 Å². The Balaban J connectivity index is 1.65. The molecule has 1 saturated carbocycles. The Bertz CT molecular complexity index is 2110. The number of benzene rings is 4. The van der Waals surface area contributed by atoms with Gasteiger partial charge in [-0.1, -0.05) is 91.5 Å². The fourth-order valence-electron chi connectivity index (χ4n) is 6.37. The van der Waals surface area contributed by atoms with Crippen LogP contribution < -0.4 is 16.2 Å². The molecule has 0 radical (unpaired) electrons. The van der Waals surface area contributed by atoms with Crippen LogP contribution in [0.25, 0.3) is 22.0 Å². The number of carbonyl (C=O) groups excluding carboxylic acids is 2. The molecule has 1 fully saturated rings. The molecule has 5 aromatic rings. The Morgan fingerprint density at radius 1 is 0.830 bits per heavy atom. The summed E-state index contributed by atoms with van der Waals surface area (Å²) in [6.07, 6.45) is 4.75. The first-order valence-corrected chi connectivity index (χ1v) is 17.4. The van der Waals surface area contributed by atoms with Crippen molar-refractivity contribution in [1.29, 1.82) is 0 Å². The second-order valence-electron chi connectivity index (χ2n) is 11.8. The van der Waals surface area contributed by atoms with Crippen molar-refractivity contribution in [3.05, 3.63) is 124 Å². The molecule has 1 unspecified atom stereocenters. The van der Waals surface area contributed by atoms with Gasteiger partial charge in [0.2, 0.25) is 21.7 Å². The number of sulfone groups is 1. The summed E-state index contributed by atoms with van der Waals surface area (Å²) >= 11 is 6.23. The molecule has 1 aromatic heterocycles. The Hall–Kier alpha value is -4.73. The van der Waals surface area contributed by atoms with Crippen LogP contribution in [0.1, 0.15) is 50.6 Å². The van der Waals surface area contributed by atoms with Gasteiger partial charge in [-0.15, -0.1) is 0 Å². The summed E-state index contributed by atoms with van der Waals surface area (Å²) in [6.45, 7) is 1.36. The molecule has 0 saturated heterocycles. The number of fused-ring (bicyclic) bond motifs is 1. The molecule has 4 aromatic carbocycles. The zero-order valence-electron chi connectivity index (χ0n) is 25.8. The summed E-state index contributed by atoms with van der Waals surface area (Å²) in [7, 11) is -4.48. The van der Waals surface area contributed by atoms with Crippen molar-refractivity contribution in [3.8, 4) is 11.1 Å². The molecule has 0 spiro atoms. The fourth-order valence-corrected chi connectivity index (χ4v) is 8.05. The lowest BCUT2D eigenvalue weighted by Crippen LogP contribution is -2.44. The summed E-state index contributed by atoms with van der Waals surface area (Å²) in [5.41, 5.74) is 1.28. The van der Waals surface area contributed by atoms with Crippen molar-refractivity contribution in [2.24, 2.45) is 0 Å². The number of rotatable bonds is 8. The van der Waals surface area contributed by atoms with Crippen LogP contribution in [-0.4, -0.2) is 30.8 Å². The predicted molar refractivity (Wildman–Crippen MR) is 184 cm³/mol. The van der Waals surface area contributed by atoms with E-state index in [4.69, 9.17) is 11.6 Å². The molecule has 47 heavy (non-hydrogen) atoms. The Morgan fingerprint density at radius 3 is 2.13 bits per heavy atom. The number of carbonyl (C=O) groups is 2. The first kappa shape index (κ1) is 32.2. The van der Waals surface area contributed by atoms with Gasteiger partial charge in [0, 0.05) is 34.6 Å². The number of para-hydroxylation sites is 1. The van der Waals surface area contributed by atoms with Gasteiger partial charge in [0.05, 0.1) is 10.4 Å². The molecule has 1 heterocycles. The summed E-state index contributed by atoms with van der Waals surface area (Å²) in [4.78, 5) is 40.3. The minimum Gasteiger partial charge on any atom is -0.351 e. The number of pyridine rings is 1. The van der Waals surface area contributed by atoms with E-state index in [-0.39, 0.29) is 22.4 Å². The van der Waals surface area contributed by atoms with E-state index in [9.17, 15) is 18.0 Å². The summed E-state index contributed by atoms with van der Waals surface area (Å²) in [5, 5.41) is 6.76. The molecule has 10 heteroatoms. The largest absolute Gasteiger partial charge is 0.351 e. The first-order valence-electron chi connectivity index (χ1n) is 15.6. The number of hydrogen-bond acceptors (Lipinski definition) is 5. The lowest BCUT2D eigenvalue weighted by Gasteiger charge is -2.28. The third kappa shape index (κ3) is 6.59. The molecule has 6 rings (SSSR count). The van der Waals surface area contributed by atoms with Crippen LogP contribution in [0.5, 0.6) is 0 Å². The lowest BCUT2D eigenvalue weighted by atomic mass is 9.94. The topological polar surface area (TPSA) is 114 Å². The van der Waals surface area contributed by atoms with E-state index >= 15 is 4.79 Å². The van der Waals surface area contributed by atoms with Crippen molar-refractivity contribution in [1.82, 2.24) is 9.88 Å². The van der Waals surface area contributed by atoms with Crippen LogP contribution in [0.4, 0.5) is 5.69 Å². The minimum absolute atomic E-state index is 0.0538. The van der Waals surface area contributed by atoms with Gasteiger partial charge < -0.3 is 10.6 Å². The smallest absolute Gasteiger partial charge is 0.271 e. The van der Waals surface area contributed by atoms with E-state index in [0.29, 0.717) is 32.7 Å². The molecule has 0 aliphatic heterocycles. The van der Waals surface area contributed by atoms with Crippen molar-refractivity contribution in [3.63, 3.8) is 0 Å². The SMILES string of the molecule is CC(=O)Nc1ccc(S(=O)(=O)c2c(-c3ccccc3)c3ccccc3n(C(C(=O)NC3CCCCC3)c3ccc(Cl)cc3)c2=O)cc1. The minimum atomic E-state index is -4.48. The first-order chi connectivity index (χ1) is 22.6. The highest BCUT2D eigenvalue weighted by atomic mass is 35.5. The number of halogens is 1. The van der Waals surface area contributed by atoms with Crippen LogP contribution in [0.2, 0.25) is 5.02 Å². The van der Waals surface area contributed by atoms with Gasteiger partial charge in [-0.3, -0.25) is 19.0 Å². The maximum atomic E-state index is 15.0. The quantitative estimate of drug-likeness (QED) is 0.182. The number of hydrogen-bond donors (Lipinski definition) is 2. The standard InChI is InChI=1S/C37H34ClN3O5S/c1-24(42)39-29-20-22-30(23-21-29)47(45,46)35-33(25-10-4-2-5-11-25)31-14-8-9-15-32(31)41(37(35)44)34(26-16-18-27(38)19-17-26)36(43)40-28-12-6-3-7-13-28/h2,4-5,8-11,14-23,28,34H,3,6-7,12-13H2,1H3,(H,39,42)(H,40,43). The molecule has 8 nitrogen and oxygen atoms in total. The van der Waals surface area contributed by atoms with E-state index in [1.807, 2.05) is 6.07 Å². The Kier molecular flexibility index (Phi) is 9.29. The number of nitrogens with one attached hydrogen (secondary N) is 2. The van der Waals surface area contributed by atoms with Crippen LogP contribution in [0, 0.1) is 0 Å². The van der Waals surface area contributed by atoms with Crippen molar-refractivity contribution in [2.45, 2.75) is 60.9 Å². The average Bonchev–Trinajstić information content (AvgIpc) is 3.07. The molecular weight excluding hydrogens is 634 g/mol. The van der Waals surface area contributed by atoms with Crippen LogP contribution >= 0.6 is 11.6 Å². The normalized spacial score (nSPS) is 14.4. The van der Waals surface area contributed by atoms with Crippen molar-refractivity contribution >= 4 is 49.8 Å². The zero-order chi connectivity index (χ0) is 33.1. The monoisotopic (exact) mass is 667 g/mol. The number of nitrogens with zero attached hydrogens (tertiary/aromatic N) is 1. The van der Waals surface area contributed by atoms with Crippen molar-refractivity contribution < 1.29 is 18.0 Å². The molecule has 2 amide bonds. The van der Waals surface area contributed by atoms with E-state index in [0.717, 1.165) is 32.1 Å². The number of amides is 2. The molecule has 1 aliphatic rings. The third-order valence-corrected chi connectivity index (χ3v) is 10.6. The Morgan fingerprint density at radius 2 is 1.47 bits per heavy atom. The van der Waals surface area contributed by atoms with E-state index < -0.39 is 32.2 Å². The van der Waals surface area contributed by atoms with Gasteiger partial charge in [-0.2, -0.15) is 0 Å². The number of anilines is 1. The number of aromatic nitrogens is 1. The maximum absolute atomic E-state index is 15.0. The summed E-state index contributed by atoms with van der Waals surface area (Å²) < 4.78 is 30.6.